The Labute approximate surface area is 196 Å². The number of carboxylic acids is 4. The van der Waals surface area contributed by atoms with Crippen molar-refractivity contribution in [3.63, 3.8) is 0 Å². The summed E-state index contributed by atoms with van der Waals surface area (Å²) in [7, 11) is -4.87. The monoisotopic (exact) mass is 502 g/mol. The summed E-state index contributed by atoms with van der Waals surface area (Å²) in [5.41, 5.74) is -2.12. The molecule has 3 rings (SSSR count). The van der Waals surface area contributed by atoms with E-state index in [9.17, 15) is 48.0 Å². The molecule has 34 heavy (non-hydrogen) atoms. The van der Waals surface area contributed by atoms with Crippen LogP contribution in [-0.2, 0) is 21.6 Å². The zero-order valence-corrected chi connectivity index (χ0v) is 18.5. The first-order valence-corrected chi connectivity index (χ1v) is 11.5. The van der Waals surface area contributed by atoms with E-state index in [0.717, 1.165) is 24.3 Å². The second-order valence-corrected chi connectivity index (χ2v) is 9.43. The summed E-state index contributed by atoms with van der Waals surface area (Å²) in [5.74, 6) is -6.14. The Kier molecular flexibility index (Phi) is 7.03. The van der Waals surface area contributed by atoms with Gasteiger partial charge in [-0.1, -0.05) is 24.3 Å². The second-order valence-electron chi connectivity index (χ2n) is 6.59. The van der Waals surface area contributed by atoms with E-state index in [1.807, 2.05) is 0 Å². The van der Waals surface area contributed by atoms with Crippen LogP contribution in [-0.4, -0.2) is 52.7 Å². The summed E-state index contributed by atoms with van der Waals surface area (Å²) >= 11 is 0. The predicted molar refractivity (Wildman–Crippen MR) is 117 cm³/mol. The van der Waals surface area contributed by atoms with Crippen LogP contribution in [0.1, 0.15) is 41.4 Å². The van der Waals surface area contributed by atoms with Crippen LogP contribution in [0.2, 0.25) is 0 Å². The zero-order chi connectivity index (χ0) is 25.2. The fraction of sp³-hybridized carbons (Fsp3) is 0. The maximum absolute atomic E-state index is 13.2. The molecule has 3 aromatic carbocycles. The Morgan fingerprint density at radius 1 is 0.471 bits per heavy atom. The maximum atomic E-state index is 13.2. The quantitative estimate of drug-likeness (QED) is 0.357. The van der Waals surface area contributed by atoms with Crippen LogP contribution >= 0.6 is 0 Å². The molecule has 0 aliphatic heterocycles. The van der Waals surface area contributed by atoms with Crippen LogP contribution in [0.15, 0.2) is 80.2 Å². The molecule has 12 heteroatoms. The van der Waals surface area contributed by atoms with Gasteiger partial charge >= 0.3 is 23.9 Å². The summed E-state index contributed by atoms with van der Waals surface area (Å²) in [4.78, 5) is 45.3. The highest BCUT2D eigenvalue weighted by Crippen LogP contribution is 2.31. The first-order chi connectivity index (χ1) is 16.0. The highest BCUT2D eigenvalue weighted by molar-refractivity contribution is 7.85. The second kappa shape index (κ2) is 9.77. The van der Waals surface area contributed by atoms with Crippen molar-refractivity contribution in [1.82, 2.24) is 0 Å². The van der Waals surface area contributed by atoms with Crippen molar-refractivity contribution in [2.45, 2.75) is 19.6 Å². The Balaban J connectivity index is 2.29. The summed E-state index contributed by atoms with van der Waals surface area (Å²) in [6.07, 6.45) is 0. The van der Waals surface area contributed by atoms with Crippen LogP contribution in [0.25, 0.3) is 0 Å². The number of benzene rings is 3. The molecule has 0 saturated carbocycles. The molecule has 0 heterocycles. The molecule has 0 spiro atoms. The van der Waals surface area contributed by atoms with E-state index in [0.29, 0.717) is 0 Å². The van der Waals surface area contributed by atoms with Crippen molar-refractivity contribution in [3.8, 4) is 0 Å². The van der Waals surface area contributed by atoms with Crippen molar-refractivity contribution >= 4 is 45.5 Å². The Morgan fingerprint density at radius 3 is 1.06 bits per heavy atom. The lowest BCUT2D eigenvalue weighted by atomic mass is 10.1. The molecule has 2 atom stereocenters. The number of carboxylic acid groups (broad SMARTS) is 4. The average Bonchev–Trinajstić information content (AvgIpc) is 2.82. The van der Waals surface area contributed by atoms with Crippen molar-refractivity contribution < 1.29 is 48.0 Å². The van der Waals surface area contributed by atoms with Gasteiger partial charge in [-0.2, -0.15) is 0 Å². The van der Waals surface area contributed by atoms with E-state index in [-0.39, 0.29) is 20.9 Å². The molecule has 0 fully saturated rings. The molecule has 0 radical (unpaired) electrons. The topological polar surface area (TPSA) is 183 Å². The number of rotatable bonds is 8. The van der Waals surface area contributed by atoms with Crippen molar-refractivity contribution in [3.05, 3.63) is 82.9 Å². The van der Waals surface area contributed by atoms with E-state index in [2.05, 4.69) is 0 Å². The number of hydrogen-bond donors (Lipinski definition) is 4. The molecular weight excluding hydrogens is 488 g/mol. The predicted octanol–water partition coefficient (Wildman–Crippen LogP) is 2.81. The van der Waals surface area contributed by atoms with Crippen molar-refractivity contribution in [2.24, 2.45) is 0 Å². The minimum absolute atomic E-state index is 0.265. The summed E-state index contributed by atoms with van der Waals surface area (Å²) < 4.78 is 26.4. The van der Waals surface area contributed by atoms with Crippen LogP contribution in [0, 0.1) is 0 Å². The number of aromatic carboxylic acids is 4. The fourth-order valence-corrected chi connectivity index (χ4v) is 5.78. The molecule has 0 aliphatic carbocycles. The highest BCUT2D eigenvalue weighted by Gasteiger charge is 2.28. The van der Waals surface area contributed by atoms with E-state index >= 15 is 0 Å². The van der Waals surface area contributed by atoms with Crippen molar-refractivity contribution in [2.75, 3.05) is 0 Å². The third-order valence-corrected chi connectivity index (χ3v) is 7.56. The highest BCUT2D eigenvalue weighted by atomic mass is 32.2. The van der Waals surface area contributed by atoms with Gasteiger partial charge in [0.2, 0.25) is 0 Å². The maximum Gasteiger partial charge on any atom is 0.336 e. The Bertz CT molecular complexity index is 1300. The van der Waals surface area contributed by atoms with E-state index < -0.39 is 66.4 Å². The van der Waals surface area contributed by atoms with Gasteiger partial charge in [0.05, 0.1) is 63.4 Å². The van der Waals surface area contributed by atoms with E-state index in [1.54, 1.807) is 0 Å². The van der Waals surface area contributed by atoms with Gasteiger partial charge in [-0.3, -0.25) is 0 Å². The lowest BCUT2D eigenvalue weighted by Gasteiger charge is -2.14. The molecule has 0 aromatic heterocycles. The molecule has 0 aliphatic rings. The average molecular weight is 502 g/mol. The number of carbonyl (C=O) groups is 4. The van der Waals surface area contributed by atoms with Gasteiger partial charge in [-0.25, -0.2) is 27.6 Å². The lowest BCUT2D eigenvalue weighted by molar-refractivity contribution is 0.0674. The van der Waals surface area contributed by atoms with E-state index in [1.165, 1.54) is 36.4 Å². The van der Waals surface area contributed by atoms with E-state index in [4.69, 9.17) is 0 Å². The van der Waals surface area contributed by atoms with Crippen LogP contribution < -0.4 is 0 Å². The zero-order valence-electron chi connectivity index (χ0n) is 16.8. The molecule has 0 bridgehead atoms. The Hall–Kier alpha value is -4.16. The first kappa shape index (κ1) is 24.5. The SMILES string of the molecule is O=C(O)c1ccccc1[S@](=O)c1cc(C(=O)O)c([S@@](=O)c2ccccc2C(=O)O)cc1C(=O)O. The van der Waals surface area contributed by atoms with Crippen LogP contribution in [0.3, 0.4) is 0 Å². The standard InChI is InChI=1S/C22H14O10S2/c23-19(24)11-5-1-3-7-15(11)33(31)17-9-14(22(29)30)18(10-13(17)21(27)28)34(32)16-8-4-2-6-12(16)20(25)26/h1-10H,(H,23,24)(H,25,26)(H,27,28)(H,29,30)/t33-,34-/m0/s1. The van der Waals surface area contributed by atoms with Gasteiger partial charge in [-0.05, 0) is 36.4 Å². The summed E-state index contributed by atoms with van der Waals surface area (Å²) in [6.45, 7) is 0. The largest absolute Gasteiger partial charge is 0.478 e. The first-order valence-electron chi connectivity index (χ1n) is 9.17. The molecule has 174 valence electrons. The third-order valence-electron chi connectivity index (χ3n) is 4.58. The third kappa shape index (κ3) is 4.63. The smallest absolute Gasteiger partial charge is 0.336 e. The van der Waals surface area contributed by atoms with Gasteiger partial charge in [-0.15, -0.1) is 0 Å². The molecule has 4 N–H and O–H groups in total. The lowest BCUT2D eigenvalue weighted by Crippen LogP contribution is -2.14. The minimum atomic E-state index is -2.43. The van der Waals surface area contributed by atoms with Gasteiger partial charge in [0, 0.05) is 0 Å². The minimum Gasteiger partial charge on any atom is -0.478 e. The molecule has 10 nitrogen and oxygen atoms in total. The normalized spacial score (nSPS) is 12.5. The summed E-state index contributed by atoms with van der Waals surface area (Å²) in [6, 6.07) is 11.7. The van der Waals surface area contributed by atoms with Gasteiger partial charge in [0.15, 0.2) is 0 Å². The molecule has 0 saturated heterocycles. The van der Waals surface area contributed by atoms with Gasteiger partial charge in [0.1, 0.15) is 0 Å². The van der Waals surface area contributed by atoms with Gasteiger partial charge in [0.25, 0.3) is 0 Å². The summed E-state index contributed by atoms with van der Waals surface area (Å²) in [5, 5.41) is 38.1. The van der Waals surface area contributed by atoms with Crippen LogP contribution in [0.5, 0.6) is 0 Å². The molecule has 3 aromatic rings. The molecule has 0 amide bonds. The van der Waals surface area contributed by atoms with Crippen molar-refractivity contribution in [1.29, 1.82) is 0 Å². The van der Waals surface area contributed by atoms with Gasteiger partial charge < -0.3 is 20.4 Å². The van der Waals surface area contributed by atoms with Crippen LogP contribution in [0.4, 0.5) is 0 Å². The molecular formula is C22H14O10S2. The molecule has 0 unspecified atom stereocenters. The Morgan fingerprint density at radius 2 is 0.765 bits per heavy atom. The number of hydrogen-bond acceptors (Lipinski definition) is 6. The fourth-order valence-electron chi connectivity index (χ4n) is 3.05.